The second-order valence-electron chi connectivity index (χ2n) is 6.91. The van der Waals surface area contributed by atoms with Crippen molar-refractivity contribution in [2.45, 2.75) is 45.4 Å². The van der Waals surface area contributed by atoms with E-state index in [9.17, 15) is 0 Å². The van der Waals surface area contributed by atoms with Crippen molar-refractivity contribution < 1.29 is 9.47 Å². The summed E-state index contributed by atoms with van der Waals surface area (Å²) < 4.78 is 11.3. The molecule has 1 saturated carbocycles. The lowest BCUT2D eigenvalue weighted by molar-refractivity contribution is 0.227. The third-order valence-electron chi connectivity index (χ3n) is 4.71. The fourth-order valence-electron chi connectivity index (χ4n) is 3.27. The van der Waals surface area contributed by atoms with Crippen LogP contribution in [0.15, 0.2) is 23.2 Å². The molecule has 0 radical (unpaired) electrons. The van der Waals surface area contributed by atoms with Gasteiger partial charge in [-0.3, -0.25) is 4.99 Å². The molecule has 0 atom stereocenters. The van der Waals surface area contributed by atoms with Gasteiger partial charge in [0.2, 0.25) is 0 Å². The number of benzene rings is 1. The first-order chi connectivity index (χ1) is 11.1. The van der Waals surface area contributed by atoms with Crippen LogP contribution in [0.3, 0.4) is 0 Å². The predicted molar refractivity (Wildman–Crippen MR) is 109 cm³/mol. The molecule has 0 amide bonds. The van der Waals surface area contributed by atoms with Gasteiger partial charge < -0.3 is 20.5 Å². The van der Waals surface area contributed by atoms with E-state index < -0.39 is 0 Å². The van der Waals surface area contributed by atoms with Crippen molar-refractivity contribution in [2.75, 3.05) is 25.1 Å². The van der Waals surface area contributed by atoms with E-state index in [1.807, 2.05) is 18.2 Å². The highest BCUT2D eigenvalue weighted by molar-refractivity contribution is 14.0. The molecule has 6 heteroatoms. The van der Waals surface area contributed by atoms with E-state index in [1.54, 1.807) is 0 Å². The molecule has 1 aromatic rings. The van der Waals surface area contributed by atoms with Crippen LogP contribution < -0.4 is 20.5 Å². The fraction of sp³-hybridized carbons (Fsp3) is 0.611. The third-order valence-corrected chi connectivity index (χ3v) is 4.71. The summed E-state index contributed by atoms with van der Waals surface area (Å²) in [7, 11) is 0. The van der Waals surface area contributed by atoms with Crippen molar-refractivity contribution in [1.82, 2.24) is 0 Å². The van der Waals surface area contributed by atoms with Crippen molar-refractivity contribution in [3.8, 4) is 11.5 Å². The van der Waals surface area contributed by atoms with Gasteiger partial charge in [-0.25, -0.2) is 0 Å². The number of hydrogen-bond acceptors (Lipinski definition) is 3. The number of fused-ring (bicyclic) bond motifs is 1. The molecular weight excluding hydrogens is 417 g/mol. The molecule has 24 heavy (non-hydrogen) atoms. The number of nitrogens with zero attached hydrogens (tertiary/aromatic N) is 1. The topological polar surface area (TPSA) is 68.9 Å². The Hall–Kier alpha value is -1.18. The van der Waals surface area contributed by atoms with Crippen molar-refractivity contribution in [3.05, 3.63) is 18.2 Å². The molecule has 0 aromatic heterocycles. The Morgan fingerprint density at radius 1 is 1.12 bits per heavy atom. The molecule has 2 aliphatic rings. The number of anilines is 1. The summed E-state index contributed by atoms with van der Waals surface area (Å²) in [5.41, 5.74) is 7.24. The Labute approximate surface area is 161 Å². The lowest BCUT2D eigenvalue weighted by Gasteiger charge is -2.31. The Morgan fingerprint density at radius 3 is 2.58 bits per heavy atom. The van der Waals surface area contributed by atoms with E-state index in [2.05, 4.69) is 17.2 Å². The van der Waals surface area contributed by atoms with Gasteiger partial charge in [0.15, 0.2) is 17.5 Å². The van der Waals surface area contributed by atoms with E-state index in [-0.39, 0.29) is 24.0 Å². The largest absolute Gasteiger partial charge is 0.490 e. The maximum Gasteiger partial charge on any atom is 0.193 e. The summed E-state index contributed by atoms with van der Waals surface area (Å²) in [6.07, 6.45) is 7.36. The smallest absolute Gasteiger partial charge is 0.193 e. The molecule has 0 bridgehead atoms. The average Bonchev–Trinajstić information content (AvgIpc) is 2.79. The minimum absolute atomic E-state index is 0. The maximum atomic E-state index is 6.06. The van der Waals surface area contributed by atoms with E-state index >= 15 is 0 Å². The fourth-order valence-corrected chi connectivity index (χ4v) is 3.27. The first-order valence-electron chi connectivity index (χ1n) is 8.61. The van der Waals surface area contributed by atoms with Crippen LogP contribution in [0.4, 0.5) is 5.69 Å². The van der Waals surface area contributed by atoms with Gasteiger partial charge in [-0.05, 0) is 30.4 Å². The van der Waals surface area contributed by atoms with Crippen LogP contribution in [-0.2, 0) is 0 Å². The zero-order valence-corrected chi connectivity index (χ0v) is 16.7. The Balaban J connectivity index is 0.00000208. The summed E-state index contributed by atoms with van der Waals surface area (Å²) in [5.74, 6) is 2.02. The second-order valence-corrected chi connectivity index (χ2v) is 6.91. The lowest BCUT2D eigenvalue weighted by atomic mass is 9.76. The van der Waals surface area contributed by atoms with E-state index in [1.165, 1.54) is 32.1 Å². The molecule has 5 nitrogen and oxygen atoms in total. The quantitative estimate of drug-likeness (QED) is 0.417. The minimum atomic E-state index is 0. The second kappa shape index (κ2) is 8.78. The lowest BCUT2D eigenvalue weighted by Crippen LogP contribution is -2.28. The van der Waals surface area contributed by atoms with Crippen LogP contribution in [0, 0.1) is 5.41 Å². The molecule has 3 rings (SSSR count). The Bertz CT molecular complexity index is 571. The van der Waals surface area contributed by atoms with Crippen molar-refractivity contribution >= 4 is 35.6 Å². The monoisotopic (exact) mass is 445 g/mol. The van der Waals surface area contributed by atoms with Crippen LogP contribution in [-0.4, -0.2) is 25.7 Å². The van der Waals surface area contributed by atoms with Gasteiger partial charge in [-0.1, -0.05) is 26.2 Å². The summed E-state index contributed by atoms with van der Waals surface area (Å²) in [6, 6.07) is 5.78. The van der Waals surface area contributed by atoms with Gasteiger partial charge in [-0.15, -0.1) is 24.0 Å². The first kappa shape index (κ1) is 19.1. The first-order valence-corrected chi connectivity index (χ1v) is 8.61. The van der Waals surface area contributed by atoms with Crippen LogP contribution in [0.25, 0.3) is 0 Å². The Kier molecular flexibility index (Phi) is 7.01. The van der Waals surface area contributed by atoms with Crippen LogP contribution >= 0.6 is 24.0 Å². The summed E-state index contributed by atoms with van der Waals surface area (Å²) in [5, 5.41) is 3.16. The number of halogens is 1. The molecule has 1 aliphatic carbocycles. The standard InChI is InChI=1S/C18H27N3O2.HI/c1-18(8-3-2-4-9-18)13-20-17(19)21-14-6-7-15-16(12-14)23-11-5-10-22-15;/h6-7,12H,2-5,8-11,13H2,1H3,(H3,19,20,21);1H. The summed E-state index contributed by atoms with van der Waals surface area (Å²) >= 11 is 0. The number of hydrogen-bond donors (Lipinski definition) is 2. The number of rotatable bonds is 3. The number of guanidine groups is 1. The normalized spacial score (nSPS) is 19.8. The molecule has 0 saturated heterocycles. The van der Waals surface area contributed by atoms with Gasteiger partial charge in [0.05, 0.1) is 13.2 Å². The summed E-state index contributed by atoms with van der Waals surface area (Å²) in [4.78, 5) is 4.56. The number of ether oxygens (including phenoxy) is 2. The SMILES string of the molecule is CC1(CN=C(N)Nc2ccc3c(c2)OCCCO3)CCCCC1.I. The number of aliphatic imine (C=N–C) groups is 1. The van der Waals surface area contributed by atoms with Gasteiger partial charge >= 0.3 is 0 Å². The molecule has 0 spiro atoms. The molecule has 1 fully saturated rings. The van der Waals surface area contributed by atoms with Gasteiger partial charge in [0.1, 0.15) is 0 Å². The van der Waals surface area contributed by atoms with E-state index in [0.717, 1.165) is 30.2 Å². The van der Waals surface area contributed by atoms with Crippen LogP contribution in [0.1, 0.15) is 45.4 Å². The summed E-state index contributed by atoms with van der Waals surface area (Å²) in [6.45, 7) is 4.48. The molecule has 1 heterocycles. The molecule has 1 aromatic carbocycles. The zero-order chi connectivity index (χ0) is 16.1. The minimum Gasteiger partial charge on any atom is -0.490 e. The highest BCUT2D eigenvalue weighted by Crippen LogP contribution is 2.36. The number of nitrogens with two attached hydrogens (primary N) is 1. The number of nitrogens with one attached hydrogen (secondary N) is 1. The predicted octanol–water partition coefficient (Wildman–Crippen LogP) is 4.16. The van der Waals surface area contributed by atoms with Crippen LogP contribution in [0.5, 0.6) is 11.5 Å². The third kappa shape index (κ3) is 5.16. The molecule has 3 N–H and O–H groups in total. The zero-order valence-electron chi connectivity index (χ0n) is 14.3. The van der Waals surface area contributed by atoms with Crippen molar-refractivity contribution in [3.63, 3.8) is 0 Å². The van der Waals surface area contributed by atoms with Gasteiger partial charge in [0, 0.05) is 24.7 Å². The van der Waals surface area contributed by atoms with Crippen molar-refractivity contribution in [1.29, 1.82) is 0 Å². The molecular formula is C18H28IN3O2. The van der Waals surface area contributed by atoms with Crippen LogP contribution in [0.2, 0.25) is 0 Å². The maximum absolute atomic E-state index is 6.06. The molecule has 134 valence electrons. The van der Waals surface area contributed by atoms with Crippen molar-refractivity contribution in [2.24, 2.45) is 16.1 Å². The highest BCUT2D eigenvalue weighted by atomic mass is 127. The van der Waals surface area contributed by atoms with Gasteiger partial charge in [0.25, 0.3) is 0 Å². The molecule has 1 aliphatic heterocycles. The van der Waals surface area contributed by atoms with E-state index in [4.69, 9.17) is 15.2 Å². The van der Waals surface area contributed by atoms with Gasteiger partial charge in [-0.2, -0.15) is 0 Å². The van der Waals surface area contributed by atoms with E-state index in [0.29, 0.717) is 24.6 Å². The Morgan fingerprint density at radius 2 is 1.83 bits per heavy atom. The average molecular weight is 445 g/mol. The molecule has 0 unspecified atom stereocenters. The highest BCUT2D eigenvalue weighted by Gasteiger charge is 2.26.